The monoisotopic (exact) mass is 269 g/mol. The van der Waals surface area contributed by atoms with E-state index in [0.29, 0.717) is 17.9 Å². The summed E-state index contributed by atoms with van der Waals surface area (Å²) < 4.78 is 0. The van der Waals surface area contributed by atoms with Gasteiger partial charge in [-0.1, -0.05) is 43.3 Å². The van der Waals surface area contributed by atoms with Crippen molar-refractivity contribution in [3.63, 3.8) is 0 Å². The molecule has 0 amide bonds. The third-order valence-electron chi connectivity index (χ3n) is 5.16. The van der Waals surface area contributed by atoms with E-state index >= 15 is 0 Å². The van der Waals surface area contributed by atoms with Crippen LogP contribution >= 0.6 is 0 Å². The van der Waals surface area contributed by atoms with E-state index in [-0.39, 0.29) is 5.92 Å². The highest BCUT2D eigenvalue weighted by Gasteiger charge is 2.38. The molecule has 2 saturated heterocycles. The molecule has 0 aromatic heterocycles. The van der Waals surface area contributed by atoms with Gasteiger partial charge in [-0.25, -0.2) is 0 Å². The van der Waals surface area contributed by atoms with Crippen LogP contribution in [-0.4, -0.2) is 29.8 Å². The summed E-state index contributed by atoms with van der Waals surface area (Å²) in [6, 6.07) is 9.07. The molecule has 2 fully saturated rings. The molecular formula is C18H23NO. The lowest BCUT2D eigenvalue weighted by molar-refractivity contribution is 0.0338. The quantitative estimate of drug-likeness (QED) is 0.778. The van der Waals surface area contributed by atoms with Gasteiger partial charge in [-0.3, -0.25) is 4.79 Å². The van der Waals surface area contributed by atoms with Gasteiger partial charge in [0.05, 0.1) is 0 Å². The number of carbonyl (C=O) groups is 1. The molecule has 2 bridgehead atoms. The zero-order valence-electron chi connectivity index (χ0n) is 12.2. The number of nitrogens with zero attached hydrogens (tertiary/aromatic N) is 1. The fourth-order valence-electron chi connectivity index (χ4n) is 3.95. The Morgan fingerprint density at radius 2 is 1.90 bits per heavy atom. The van der Waals surface area contributed by atoms with Crippen LogP contribution < -0.4 is 0 Å². The zero-order valence-corrected chi connectivity index (χ0v) is 12.2. The molecule has 0 saturated carbocycles. The first-order valence-electron chi connectivity index (χ1n) is 7.68. The van der Waals surface area contributed by atoms with Gasteiger partial charge < -0.3 is 4.90 Å². The van der Waals surface area contributed by atoms with E-state index in [1.165, 1.54) is 19.3 Å². The molecule has 2 aliphatic heterocycles. The average Bonchev–Trinajstić information content (AvgIpc) is 2.46. The summed E-state index contributed by atoms with van der Waals surface area (Å²) in [5.74, 6) is 0.521. The van der Waals surface area contributed by atoms with Gasteiger partial charge in [-0.05, 0) is 38.3 Å². The second-order valence-corrected chi connectivity index (χ2v) is 6.23. The van der Waals surface area contributed by atoms with Gasteiger partial charge >= 0.3 is 0 Å². The van der Waals surface area contributed by atoms with Crippen LogP contribution in [-0.2, 0) is 0 Å². The van der Waals surface area contributed by atoms with Gasteiger partial charge in [-0.15, -0.1) is 0 Å². The van der Waals surface area contributed by atoms with E-state index in [0.717, 1.165) is 24.0 Å². The Labute approximate surface area is 121 Å². The Morgan fingerprint density at radius 3 is 2.55 bits per heavy atom. The van der Waals surface area contributed by atoms with Gasteiger partial charge in [0.15, 0.2) is 5.78 Å². The van der Waals surface area contributed by atoms with Crippen LogP contribution in [0.2, 0.25) is 0 Å². The molecule has 2 atom stereocenters. The predicted molar refractivity (Wildman–Crippen MR) is 82.8 cm³/mol. The van der Waals surface area contributed by atoms with Gasteiger partial charge in [0, 0.05) is 23.6 Å². The summed E-state index contributed by atoms with van der Waals surface area (Å²) in [5.41, 5.74) is 1.83. The van der Waals surface area contributed by atoms with Crippen LogP contribution in [0, 0.1) is 5.92 Å². The van der Waals surface area contributed by atoms with E-state index in [1.807, 2.05) is 24.3 Å². The Morgan fingerprint density at radius 1 is 1.25 bits per heavy atom. The van der Waals surface area contributed by atoms with Crippen molar-refractivity contribution in [3.8, 4) is 0 Å². The normalized spacial score (nSPS) is 29.9. The number of fused-ring (bicyclic) bond motifs is 2. The molecular weight excluding hydrogens is 246 g/mol. The molecule has 0 aliphatic carbocycles. The summed E-state index contributed by atoms with van der Waals surface area (Å²) in [4.78, 5) is 15.4. The predicted octanol–water partition coefficient (Wildman–Crippen LogP) is 3.78. The number of rotatable bonds is 3. The number of piperidine rings is 2. The number of ketones is 1. The van der Waals surface area contributed by atoms with Crippen molar-refractivity contribution in [3.05, 3.63) is 42.0 Å². The third kappa shape index (κ3) is 2.33. The highest BCUT2D eigenvalue weighted by Crippen LogP contribution is 2.37. The average molecular weight is 269 g/mol. The molecule has 2 heterocycles. The fourth-order valence-corrected chi connectivity index (χ4v) is 3.95. The largest absolute Gasteiger partial charge is 0.300 e. The summed E-state index contributed by atoms with van der Waals surface area (Å²) in [5, 5.41) is 0. The molecule has 0 radical (unpaired) electrons. The fraction of sp³-hybridized carbons (Fsp3) is 0.500. The molecule has 106 valence electrons. The summed E-state index contributed by atoms with van der Waals surface area (Å²) in [6.07, 6.45) is 7.67. The van der Waals surface area contributed by atoms with Crippen LogP contribution in [0.1, 0.15) is 48.0 Å². The van der Waals surface area contributed by atoms with Crippen molar-refractivity contribution in [2.45, 2.75) is 44.2 Å². The van der Waals surface area contributed by atoms with Crippen LogP contribution in [0.3, 0.4) is 0 Å². The molecule has 0 spiro atoms. The SMILES string of the molecule is C=Cc1ccccc1C(=O)C1CC2CCCC(C1)N2C. The number of Topliss-reactive ketones (excluding diaryl/α,β-unsaturated/α-hetero) is 1. The summed E-state index contributed by atoms with van der Waals surface area (Å²) >= 11 is 0. The Bertz CT molecular complexity index is 508. The lowest BCUT2D eigenvalue weighted by atomic mass is 9.75. The van der Waals surface area contributed by atoms with Crippen molar-refractivity contribution in [1.29, 1.82) is 0 Å². The third-order valence-corrected chi connectivity index (χ3v) is 5.16. The maximum atomic E-state index is 12.9. The maximum Gasteiger partial charge on any atom is 0.166 e. The van der Waals surface area contributed by atoms with Crippen LogP contribution in [0.15, 0.2) is 30.8 Å². The maximum absolute atomic E-state index is 12.9. The lowest BCUT2D eigenvalue weighted by Gasteiger charge is -2.46. The molecule has 20 heavy (non-hydrogen) atoms. The summed E-state index contributed by atoms with van der Waals surface area (Å²) in [6.45, 7) is 3.83. The lowest BCUT2D eigenvalue weighted by Crippen LogP contribution is -2.51. The molecule has 3 rings (SSSR count). The highest BCUT2D eigenvalue weighted by atomic mass is 16.1. The minimum absolute atomic E-state index is 0.197. The zero-order chi connectivity index (χ0) is 14.1. The second-order valence-electron chi connectivity index (χ2n) is 6.23. The van der Waals surface area contributed by atoms with E-state index in [9.17, 15) is 4.79 Å². The van der Waals surface area contributed by atoms with E-state index in [1.54, 1.807) is 6.08 Å². The first kappa shape index (κ1) is 13.6. The summed E-state index contributed by atoms with van der Waals surface area (Å²) in [7, 11) is 2.23. The molecule has 0 N–H and O–H groups in total. The van der Waals surface area contributed by atoms with Gasteiger partial charge in [0.2, 0.25) is 0 Å². The van der Waals surface area contributed by atoms with Crippen LogP contribution in [0.25, 0.3) is 6.08 Å². The van der Waals surface area contributed by atoms with E-state index in [4.69, 9.17) is 0 Å². The topological polar surface area (TPSA) is 20.3 Å². The smallest absolute Gasteiger partial charge is 0.166 e. The van der Waals surface area contributed by atoms with Gasteiger partial charge in [-0.2, -0.15) is 0 Å². The molecule has 1 aromatic rings. The second kappa shape index (κ2) is 5.53. The Balaban J connectivity index is 1.83. The number of carbonyl (C=O) groups excluding carboxylic acids is 1. The van der Waals surface area contributed by atoms with Crippen molar-refractivity contribution >= 4 is 11.9 Å². The molecule has 1 aromatic carbocycles. The minimum Gasteiger partial charge on any atom is -0.300 e. The molecule has 2 unspecified atom stereocenters. The molecule has 2 aliphatic rings. The first-order valence-corrected chi connectivity index (χ1v) is 7.68. The Hall–Kier alpha value is -1.41. The molecule has 2 heteroatoms. The first-order chi connectivity index (χ1) is 9.70. The Kier molecular flexibility index (Phi) is 3.75. The van der Waals surface area contributed by atoms with Crippen LogP contribution in [0.4, 0.5) is 0 Å². The number of hydrogen-bond acceptors (Lipinski definition) is 2. The number of hydrogen-bond donors (Lipinski definition) is 0. The van der Waals surface area contributed by atoms with E-state index in [2.05, 4.69) is 18.5 Å². The number of benzene rings is 1. The van der Waals surface area contributed by atoms with Crippen molar-refractivity contribution in [1.82, 2.24) is 4.90 Å². The van der Waals surface area contributed by atoms with Gasteiger partial charge in [0.1, 0.15) is 0 Å². The standard InChI is InChI=1S/C18H23NO/c1-3-13-7-4-5-10-17(13)18(20)14-11-15-8-6-9-16(12-14)19(15)2/h3-5,7,10,14-16H,1,6,8-9,11-12H2,2H3. The highest BCUT2D eigenvalue weighted by molar-refractivity contribution is 6.01. The van der Waals surface area contributed by atoms with Crippen LogP contribution in [0.5, 0.6) is 0 Å². The van der Waals surface area contributed by atoms with Gasteiger partial charge in [0.25, 0.3) is 0 Å². The minimum atomic E-state index is 0.197. The molecule has 2 nitrogen and oxygen atoms in total. The van der Waals surface area contributed by atoms with Crippen molar-refractivity contribution < 1.29 is 4.79 Å². The van der Waals surface area contributed by atoms with E-state index < -0.39 is 0 Å². The van der Waals surface area contributed by atoms with Crippen molar-refractivity contribution in [2.24, 2.45) is 5.92 Å². The van der Waals surface area contributed by atoms with Crippen molar-refractivity contribution in [2.75, 3.05) is 7.05 Å².